The van der Waals surface area contributed by atoms with E-state index in [1.54, 1.807) is 23.9 Å². The van der Waals surface area contributed by atoms with Gasteiger partial charge in [0.2, 0.25) is 0 Å². The third-order valence-electron chi connectivity index (χ3n) is 4.03. The fourth-order valence-corrected chi connectivity index (χ4v) is 3.98. The maximum absolute atomic E-state index is 11.4. The van der Waals surface area contributed by atoms with Crippen LogP contribution in [0, 0.1) is 10.1 Å². The van der Waals surface area contributed by atoms with Crippen LogP contribution in [0.15, 0.2) is 76.5 Å². The van der Waals surface area contributed by atoms with Crippen LogP contribution in [0.1, 0.15) is 11.1 Å². The van der Waals surface area contributed by atoms with Gasteiger partial charge in [0, 0.05) is 15.9 Å². The van der Waals surface area contributed by atoms with Crippen molar-refractivity contribution in [3.63, 3.8) is 0 Å². The molecular weight excluding hydrogens is 318 g/mol. The molecule has 0 atom stereocenters. The first-order valence-electron chi connectivity index (χ1n) is 7.56. The van der Waals surface area contributed by atoms with Crippen LogP contribution in [-0.2, 0) is 0 Å². The SMILES string of the molecule is O=[N+]([O-])c1ccccc1-c1cccc2c1C=Cc1ccccc1S2. The molecule has 24 heavy (non-hydrogen) atoms. The fourth-order valence-electron chi connectivity index (χ4n) is 2.90. The molecule has 3 aromatic rings. The Balaban J connectivity index is 1.93. The van der Waals surface area contributed by atoms with Gasteiger partial charge in [-0.1, -0.05) is 66.4 Å². The Hall–Kier alpha value is -2.85. The molecule has 0 bridgehead atoms. The first-order chi connectivity index (χ1) is 11.7. The average molecular weight is 331 g/mol. The highest BCUT2D eigenvalue weighted by atomic mass is 32.2. The van der Waals surface area contributed by atoms with E-state index in [1.165, 1.54) is 4.90 Å². The molecule has 4 heteroatoms. The van der Waals surface area contributed by atoms with Gasteiger partial charge in [-0.05, 0) is 34.9 Å². The predicted octanol–water partition coefficient (Wildman–Crippen LogP) is 5.90. The zero-order valence-electron chi connectivity index (χ0n) is 12.7. The van der Waals surface area contributed by atoms with E-state index in [0.29, 0.717) is 5.56 Å². The van der Waals surface area contributed by atoms with Gasteiger partial charge in [0.05, 0.1) is 10.5 Å². The Morgan fingerprint density at radius 2 is 1.46 bits per heavy atom. The maximum Gasteiger partial charge on any atom is 0.277 e. The Morgan fingerprint density at radius 3 is 2.33 bits per heavy atom. The normalized spacial score (nSPS) is 12.2. The highest BCUT2D eigenvalue weighted by Gasteiger charge is 2.19. The Kier molecular flexibility index (Phi) is 3.67. The van der Waals surface area contributed by atoms with Gasteiger partial charge < -0.3 is 0 Å². The lowest BCUT2D eigenvalue weighted by Gasteiger charge is -2.11. The summed E-state index contributed by atoms with van der Waals surface area (Å²) in [4.78, 5) is 13.4. The maximum atomic E-state index is 11.4. The second-order valence-corrected chi connectivity index (χ2v) is 6.55. The van der Waals surface area contributed by atoms with Crippen molar-refractivity contribution in [2.75, 3.05) is 0 Å². The minimum Gasteiger partial charge on any atom is -0.258 e. The van der Waals surface area contributed by atoms with Crippen LogP contribution in [0.3, 0.4) is 0 Å². The lowest BCUT2D eigenvalue weighted by atomic mass is 9.97. The van der Waals surface area contributed by atoms with Crippen LogP contribution in [0.4, 0.5) is 5.69 Å². The zero-order chi connectivity index (χ0) is 16.5. The van der Waals surface area contributed by atoms with Crippen molar-refractivity contribution in [3.8, 4) is 11.1 Å². The van der Waals surface area contributed by atoms with Crippen molar-refractivity contribution in [2.24, 2.45) is 0 Å². The monoisotopic (exact) mass is 331 g/mol. The summed E-state index contributed by atoms with van der Waals surface area (Å²) in [6, 6.07) is 21.1. The van der Waals surface area contributed by atoms with Crippen LogP contribution < -0.4 is 0 Å². The molecule has 1 aliphatic heterocycles. The third-order valence-corrected chi connectivity index (χ3v) is 5.19. The standard InChI is InChI=1S/C20H13NO2S/c22-21(23)18-9-3-2-7-16(18)15-8-5-11-20-17(15)13-12-14-6-1-4-10-19(14)24-20/h1-13H. The number of hydrogen-bond acceptors (Lipinski definition) is 3. The number of para-hydroxylation sites is 1. The number of nitro benzene ring substituents is 1. The van der Waals surface area contributed by atoms with E-state index in [2.05, 4.69) is 30.4 Å². The lowest BCUT2D eigenvalue weighted by Crippen LogP contribution is -1.93. The van der Waals surface area contributed by atoms with E-state index in [0.717, 1.165) is 21.6 Å². The predicted molar refractivity (Wildman–Crippen MR) is 98.0 cm³/mol. The molecule has 0 saturated carbocycles. The minimum atomic E-state index is -0.322. The molecule has 0 spiro atoms. The summed E-state index contributed by atoms with van der Waals surface area (Å²) in [7, 11) is 0. The summed E-state index contributed by atoms with van der Waals surface area (Å²) in [6.07, 6.45) is 4.13. The quantitative estimate of drug-likeness (QED) is 0.339. The van der Waals surface area contributed by atoms with Gasteiger partial charge in [-0.2, -0.15) is 0 Å². The molecule has 0 radical (unpaired) electrons. The molecule has 0 saturated heterocycles. The molecule has 3 aromatic carbocycles. The van der Waals surface area contributed by atoms with Gasteiger partial charge in [0.15, 0.2) is 0 Å². The minimum absolute atomic E-state index is 0.131. The van der Waals surface area contributed by atoms with Crippen molar-refractivity contribution in [2.45, 2.75) is 9.79 Å². The Bertz CT molecular complexity index is 979. The summed E-state index contributed by atoms with van der Waals surface area (Å²) in [6.45, 7) is 0. The van der Waals surface area contributed by atoms with E-state index in [-0.39, 0.29) is 10.6 Å². The number of hydrogen-bond donors (Lipinski definition) is 0. The number of nitro groups is 1. The van der Waals surface area contributed by atoms with Crippen molar-refractivity contribution in [1.82, 2.24) is 0 Å². The first kappa shape index (κ1) is 14.7. The Morgan fingerprint density at radius 1 is 0.750 bits per heavy atom. The van der Waals surface area contributed by atoms with Gasteiger partial charge in [-0.3, -0.25) is 10.1 Å². The smallest absolute Gasteiger partial charge is 0.258 e. The lowest BCUT2D eigenvalue weighted by molar-refractivity contribution is -0.384. The van der Waals surface area contributed by atoms with E-state index in [9.17, 15) is 10.1 Å². The molecule has 3 nitrogen and oxygen atoms in total. The van der Waals surface area contributed by atoms with E-state index in [1.807, 2.05) is 36.4 Å². The molecule has 1 heterocycles. The van der Waals surface area contributed by atoms with Crippen molar-refractivity contribution in [3.05, 3.63) is 88.0 Å². The number of benzene rings is 3. The summed E-state index contributed by atoms with van der Waals surface area (Å²) >= 11 is 1.69. The van der Waals surface area contributed by atoms with Crippen LogP contribution in [-0.4, -0.2) is 4.92 Å². The van der Waals surface area contributed by atoms with Crippen molar-refractivity contribution in [1.29, 1.82) is 0 Å². The van der Waals surface area contributed by atoms with Crippen LogP contribution in [0.25, 0.3) is 23.3 Å². The second-order valence-electron chi connectivity index (χ2n) is 5.46. The molecule has 116 valence electrons. The molecular formula is C20H13NO2S. The van der Waals surface area contributed by atoms with Gasteiger partial charge in [0.1, 0.15) is 0 Å². The molecule has 4 rings (SSSR count). The van der Waals surface area contributed by atoms with Gasteiger partial charge >= 0.3 is 0 Å². The molecule has 0 N–H and O–H groups in total. The first-order valence-corrected chi connectivity index (χ1v) is 8.37. The number of fused-ring (bicyclic) bond motifs is 2. The Labute approximate surface area is 143 Å². The molecule has 0 fully saturated rings. The van der Waals surface area contributed by atoms with E-state index < -0.39 is 0 Å². The fraction of sp³-hybridized carbons (Fsp3) is 0. The average Bonchev–Trinajstić information content (AvgIpc) is 2.80. The number of rotatable bonds is 2. The largest absolute Gasteiger partial charge is 0.277 e. The summed E-state index contributed by atoms with van der Waals surface area (Å²) in [5.41, 5.74) is 3.85. The van der Waals surface area contributed by atoms with Gasteiger partial charge in [-0.15, -0.1) is 0 Å². The van der Waals surface area contributed by atoms with Crippen LogP contribution >= 0.6 is 11.8 Å². The second kappa shape index (κ2) is 5.98. The van der Waals surface area contributed by atoms with Crippen LogP contribution in [0.5, 0.6) is 0 Å². The molecule has 0 amide bonds. The number of nitrogens with zero attached hydrogens (tertiary/aromatic N) is 1. The van der Waals surface area contributed by atoms with Crippen molar-refractivity contribution < 1.29 is 4.92 Å². The van der Waals surface area contributed by atoms with E-state index in [4.69, 9.17) is 0 Å². The highest BCUT2D eigenvalue weighted by molar-refractivity contribution is 7.99. The topological polar surface area (TPSA) is 43.1 Å². The van der Waals surface area contributed by atoms with Crippen molar-refractivity contribution >= 4 is 29.6 Å². The summed E-state index contributed by atoms with van der Waals surface area (Å²) in [5.74, 6) is 0. The highest BCUT2D eigenvalue weighted by Crippen LogP contribution is 2.42. The summed E-state index contributed by atoms with van der Waals surface area (Å²) in [5, 5.41) is 11.4. The molecule has 0 aliphatic carbocycles. The molecule has 1 aliphatic rings. The zero-order valence-corrected chi connectivity index (χ0v) is 13.5. The third kappa shape index (κ3) is 2.51. The molecule has 0 aromatic heterocycles. The summed E-state index contributed by atoms with van der Waals surface area (Å²) < 4.78 is 0. The van der Waals surface area contributed by atoms with E-state index >= 15 is 0 Å². The van der Waals surface area contributed by atoms with Gasteiger partial charge in [0.25, 0.3) is 5.69 Å². The van der Waals surface area contributed by atoms with Gasteiger partial charge in [-0.25, -0.2) is 0 Å². The van der Waals surface area contributed by atoms with Crippen LogP contribution in [0.2, 0.25) is 0 Å². The molecule has 0 unspecified atom stereocenters.